The number of ether oxygens (including phenoxy) is 1. The first-order chi connectivity index (χ1) is 14.2. The van der Waals surface area contributed by atoms with Gasteiger partial charge in [-0.25, -0.2) is 14.3 Å². The fraction of sp³-hybridized carbons (Fsp3) is 0.188. The van der Waals surface area contributed by atoms with E-state index in [1.807, 2.05) is 5.48 Å². The maximum absolute atomic E-state index is 14.9. The third kappa shape index (κ3) is 4.90. The molecule has 160 valence electrons. The van der Waals surface area contributed by atoms with Gasteiger partial charge in [0.2, 0.25) is 0 Å². The number of hydrogen-bond acceptors (Lipinski definition) is 8. The van der Waals surface area contributed by atoms with Crippen LogP contribution in [0.4, 0.5) is 33.3 Å². The fourth-order valence-corrected chi connectivity index (χ4v) is 2.93. The van der Waals surface area contributed by atoms with Gasteiger partial charge in [0.1, 0.15) is 17.1 Å². The van der Waals surface area contributed by atoms with Crippen LogP contribution in [0.5, 0.6) is 5.75 Å². The Morgan fingerprint density at radius 3 is 2.67 bits per heavy atom. The number of hydroxylamine groups is 1. The normalized spacial score (nSPS) is 11.5. The lowest BCUT2D eigenvalue weighted by atomic mass is 10.1. The Balaban J connectivity index is 1.97. The van der Waals surface area contributed by atoms with E-state index in [1.165, 1.54) is 6.07 Å². The average Bonchev–Trinajstić information content (AvgIpc) is 3.13. The van der Waals surface area contributed by atoms with Gasteiger partial charge in [-0.15, -0.1) is 18.3 Å². The lowest BCUT2D eigenvalue weighted by Crippen LogP contribution is -2.26. The number of carbonyl (C=O) groups excluding carboxylic acids is 1. The number of carbonyl (C=O) groups is 1. The minimum Gasteiger partial charge on any atom is -0.406 e. The molecule has 0 aliphatic heterocycles. The van der Waals surface area contributed by atoms with Crippen molar-refractivity contribution < 1.29 is 41.4 Å². The second kappa shape index (κ2) is 8.73. The van der Waals surface area contributed by atoms with Gasteiger partial charge in [-0.05, 0) is 29.7 Å². The van der Waals surface area contributed by atoms with E-state index >= 15 is 0 Å². The Bertz CT molecular complexity index is 1080. The third-order valence-electron chi connectivity index (χ3n) is 3.52. The molecule has 1 heterocycles. The molecule has 0 atom stereocenters. The van der Waals surface area contributed by atoms with Gasteiger partial charge >= 0.3 is 6.36 Å². The highest BCUT2D eigenvalue weighted by molar-refractivity contribution is 7.13. The largest absolute Gasteiger partial charge is 0.573 e. The molecule has 0 aliphatic rings. The van der Waals surface area contributed by atoms with Crippen LogP contribution in [0.1, 0.15) is 10.4 Å². The van der Waals surface area contributed by atoms with Gasteiger partial charge in [-0.1, -0.05) is 4.49 Å². The van der Waals surface area contributed by atoms with Gasteiger partial charge in [0.05, 0.1) is 34.9 Å². The Kier molecular flexibility index (Phi) is 6.28. The fourth-order valence-electron chi connectivity index (χ4n) is 2.33. The minimum atomic E-state index is -5.02. The van der Waals surface area contributed by atoms with Crippen LogP contribution in [-0.2, 0) is 4.84 Å². The Labute approximate surface area is 168 Å². The Hall–Kier alpha value is -3.10. The summed E-state index contributed by atoms with van der Waals surface area (Å²) in [6, 6.07) is 3.36. The summed E-state index contributed by atoms with van der Waals surface area (Å²) in [4.78, 5) is 17.0. The van der Waals surface area contributed by atoms with Crippen LogP contribution in [0.2, 0.25) is 0 Å². The summed E-state index contributed by atoms with van der Waals surface area (Å²) in [5.74, 6) is -3.99. The zero-order valence-corrected chi connectivity index (χ0v) is 15.4. The summed E-state index contributed by atoms with van der Waals surface area (Å²) in [7, 11) is 0. The van der Waals surface area contributed by atoms with Crippen LogP contribution in [0, 0.1) is 11.6 Å². The number of aromatic nitrogens is 2. The summed E-state index contributed by atoms with van der Waals surface area (Å²) < 4.78 is 73.4. The topological polar surface area (TPSA) is 106 Å². The molecule has 0 bridgehead atoms. The first-order valence-corrected chi connectivity index (χ1v) is 8.77. The average molecular weight is 450 g/mol. The van der Waals surface area contributed by atoms with Crippen molar-refractivity contribution in [1.82, 2.24) is 15.1 Å². The molecule has 1 amide bonds. The molecule has 0 saturated carbocycles. The molecule has 0 saturated heterocycles. The van der Waals surface area contributed by atoms with Crippen molar-refractivity contribution in [2.24, 2.45) is 0 Å². The molecule has 1 aromatic heterocycles. The maximum Gasteiger partial charge on any atom is 0.573 e. The van der Waals surface area contributed by atoms with Gasteiger partial charge in [0, 0.05) is 6.07 Å². The Morgan fingerprint density at radius 2 is 2.00 bits per heavy atom. The van der Waals surface area contributed by atoms with Crippen LogP contribution in [0.15, 0.2) is 24.3 Å². The molecule has 2 aromatic carbocycles. The molecular formula is C16H11F5N4O4S. The number of anilines is 2. The standard InChI is InChI=1S/C16H11F5N4O4S/c17-9-5-7(29-16(19,20)21)1-2-10(9)22-13-8(15(27)24-28-4-3-26)6-11-14(12(13)18)23-25-30-11/h1-2,5-6,22,26H,3-4H2,(H,24,27). The predicted molar refractivity (Wildman–Crippen MR) is 94.2 cm³/mol. The van der Waals surface area contributed by atoms with Crippen LogP contribution in [0.3, 0.4) is 0 Å². The maximum atomic E-state index is 14.9. The summed E-state index contributed by atoms with van der Waals surface area (Å²) >= 11 is 0.800. The second-order valence-electron chi connectivity index (χ2n) is 5.55. The highest BCUT2D eigenvalue weighted by Crippen LogP contribution is 2.34. The van der Waals surface area contributed by atoms with E-state index in [9.17, 15) is 26.7 Å². The lowest BCUT2D eigenvalue weighted by molar-refractivity contribution is -0.274. The summed E-state index contributed by atoms with van der Waals surface area (Å²) in [5.41, 5.74) is 0.513. The number of hydrogen-bond donors (Lipinski definition) is 3. The quantitative estimate of drug-likeness (QED) is 0.288. The number of benzene rings is 2. The van der Waals surface area contributed by atoms with E-state index < -0.39 is 47.6 Å². The van der Waals surface area contributed by atoms with Crippen molar-refractivity contribution in [2.75, 3.05) is 18.5 Å². The van der Waals surface area contributed by atoms with E-state index in [4.69, 9.17) is 9.94 Å². The van der Waals surface area contributed by atoms with Gasteiger partial charge in [0.15, 0.2) is 5.82 Å². The third-order valence-corrected chi connectivity index (χ3v) is 4.19. The van der Waals surface area contributed by atoms with Crippen molar-refractivity contribution in [3.8, 4) is 5.75 Å². The molecule has 3 N–H and O–H groups in total. The lowest BCUT2D eigenvalue weighted by Gasteiger charge is -2.15. The van der Waals surface area contributed by atoms with Gasteiger partial charge in [-0.3, -0.25) is 9.63 Å². The molecule has 3 aromatic rings. The van der Waals surface area contributed by atoms with Gasteiger partial charge < -0.3 is 15.2 Å². The van der Waals surface area contributed by atoms with E-state index in [1.54, 1.807) is 0 Å². The molecule has 3 rings (SSSR count). The van der Waals surface area contributed by atoms with Crippen molar-refractivity contribution in [1.29, 1.82) is 0 Å². The molecule has 14 heteroatoms. The number of nitrogens with zero attached hydrogens (tertiary/aromatic N) is 2. The van der Waals surface area contributed by atoms with Crippen LogP contribution < -0.4 is 15.5 Å². The van der Waals surface area contributed by atoms with Gasteiger partial charge in [0.25, 0.3) is 5.91 Å². The van der Waals surface area contributed by atoms with Gasteiger partial charge in [-0.2, -0.15) is 0 Å². The minimum absolute atomic E-state index is 0.201. The molecule has 0 aliphatic carbocycles. The molecular weight excluding hydrogens is 439 g/mol. The number of aliphatic hydroxyl groups excluding tert-OH is 1. The Morgan fingerprint density at radius 1 is 1.23 bits per heavy atom. The SMILES string of the molecule is O=C(NOCCO)c1cc2snnc2c(F)c1Nc1ccc(OC(F)(F)F)cc1F. The zero-order chi connectivity index (χ0) is 21.9. The smallest absolute Gasteiger partial charge is 0.406 e. The van der Waals surface area contributed by atoms with E-state index in [0.717, 1.165) is 23.7 Å². The molecule has 0 radical (unpaired) electrons. The van der Waals surface area contributed by atoms with E-state index in [0.29, 0.717) is 6.07 Å². The molecule has 0 spiro atoms. The number of nitrogens with one attached hydrogen (secondary N) is 2. The first-order valence-electron chi connectivity index (χ1n) is 7.99. The first kappa shape index (κ1) is 21.6. The highest BCUT2D eigenvalue weighted by Gasteiger charge is 2.31. The molecule has 0 unspecified atom stereocenters. The van der Waals surface area contributed by atoms with Crippen LogP contribution in [-0.4, -0.2) is 40.2 Å². The van der Waals surface area contributed by atoms with E-state index in [2.05, 4.69) is 19.6 Å². The number of amides is 1. The summed E-state index contributed by atoms with van der Waals surface area (Å²) in [6.07, 6.45) is -5.02. The van der Waals surface area contributed by atoms with Crippen molar-refractivity contribution in [2.45, 2.75) is 6.36 Å². The zero-order valence-electron chi connectivity index (χ0n) is 14.6. The van der Waals surface area contributed by atoms with Crippen molar-refractivity contribution >= 4 is 39.0 Å². The molecule has 30 heavy (non-hydrogen) atoms. The predicted octanol–water partition coefficient (Wildman–Crippen LogP) is 3.27. The molecule has 8 nitrogen and oxygen atoms in total. The van der Waals surface area contributed by atoms with Crippen LogP contribution >= 0.6 is 11.5 Å². The highest BCUT2D eigenvalue weighted by atomic mass is 32.1. The summed E-state index contributed by atoms with van der Waals surface area (Å²) in [5, 5.41) is 14.6. The summed E-state index contributed by atoms with van der Waals surface area (Å²) in [6.45, 7) is -0.633. The number of rotatable bonds is 7. The van der Waals surface area contributed by atoms with Crippen molar-refractivity contribution in [3.63, 3.8) is 0 Å². The number of halogens is 5. The number of fused-ring (bicyclic) bond motifs is 1. The van der Waals surface area contributed by atoms with Crippen molar-refractivity contribution in [3.05, 3.63) is 41.5 Å². The van der Waals surface area contributed by atoms with Crippen LogP contribution in [0.25, 0.3) is 10.2 Å². The molecule has 0 fully saturated rings. The second-order valence-corrected chi connectivity index (χ2v) is 6.34. The number of alkyl halides is 3. The van der Waals surface area contributed by atoms with E-state index in [-0.39, 0.29) is 22.4 Å². The number of aliphatic hydroxyl groups is 1. The monoisotopic (exact) mass is 450 g/mol.